The van der Waals surface area contributed by atoms with Crippen LogP contribution in [0.3, 0.4) is 0 Å². The maximum atomic E-state index is 9.91. The quantitative estimate of drug-likeness (QED) is 0.0668. The van der Waals surface area contributed by atoms with Gasteiger partial charge in [0.05, 0.1) is 6.54 Å². The maximum absolute atomic E-state index is 9.91. The summed E-state index contributed by atoms with van der Waals surface area (Å²) in [7, 11) is -1.34. The Kier molecular flexibility index (Phi) is 22.4. The summed E-state index contributed by atoms with van der Waals surface area (Å²) in [5.41, 5.74) is 0. The summed E-state index contributed by atoms with van der Waals surface area (Å²) >= 11 is 11.7. The van der Waals surface area contributed by atoms with E-state index in [0.29, 0.717) is 6.54 Å². The zero-order valence-corrected chi connectivity index (χ0v) is 18.8. The molecule has 0 aliphatic carbocycles. The van der Waals surface area contributed by atoms with Crippen LogP contribution in [0.5, 0.6) is 0 Å². The number of unbranched alkanes of at least 4 members (excludes halogenated alkanes) is 16. The van der Waals surface area contributed by atoms with Gasteiger partial charge in [0, 0.05) is 0 Å². The van der Waals surface area contributed by atoms with Crippen molar-refractivity contribution in [2.24, 2.45) is 4.99 Å². The molecule has 0 bridgehead atoms. The Morgan fingerprint density at radius 2 is 0.880 bits per heavy atom. The fourth-order valence-corrected chi connectivity index (χ4v) is 4.71. The maximum Gasteiger partial charge on any atom is 0.237 e. The van der Waals surface area contributed by atoms with Gasteiger partial charge in [-0.3, -0.25) is 0 Å². The van der Waals surface area contributed by atoms with Gasteiger partial charge >= 0.3 is 0 Å². The van der Waals surface area contributed by atoms with Crippen LogP contribution in [-0.4, -0.2) is 20.0 Å². The molecule has 0 rings (SSSR count). The summed E-state index contributed by atoms with van der Waals surface area (Å²) in [5, 5.41) is 0. The van der Waals surface area contributed by atoms with Crippen LogP contribution in [0, 0.1) is 0 Å². The van der Waals surface area contributed by atoms with Crippen LogP contribution in [0.1, 0.15) is 109 Å². The number of rotatable bonds is 20. The lowest BCUT2D eigenvalue weighted by atomic mass is 10.0. The van der Waals surface area contributed by atoms with Crippen molar-refractivity contribution >= 4 is 35.7 Å². The van der Waals surface area contributed by atoms with Crippen molar-refractivity contribution in [3.8, 4) is 0 Å². The molecule has 0 fully saturated rings. The van der Waals surface area contributed by atoms with Gasteiger partial charge in [0.2, 0.25) is 13.5 Å². The predicted octanol–water partition coefficient (Wildman–Crippen LogP) is 7.65. The lowest BCUT2D eigenvalue weighted by molar-refractivity contribution is 0.527. The van der Waals surface area contributed by atoms with Crippen molar-refractivity contribution in [3.63, 3.8) is 0 Å². The highest BCUT2D eigenvalue weighted by molar-refractivity contribution is 7.33. The zero-order chi connectivity index (χ0) is 18.4. The van der Waals surface area contributed by atoms with Crippen molar-refractivity contribution in [1.29, 1.82) is 0 Å². The minimum Gasteiger partial charge on any atom is -0.211 e. The third-order valence-corrected chi connectivity index (χ3v) is 6.91. The standard InChI is InChI=1S/C20H39Cl2NOSi/c21-25(22)19-17-15-13-11-9-7-5-3-1-2-4-6-8-10-12-14-16-18-23-20-24/h25H,1-19H2. The molecular formula is C20H39Cl2NOSi. The average Bonchev–Trinajstić information content (AvgIpc) is 2.60. The molecule has 0 aliphatic heterocycles. The van der Waals surface area contributed by atoms with Gasteiger partial charge in [0.25, 0.3) is 0 Å². The first kappa shape index (κ1) is 25.2. The fraction of sp³-hybridized carbons (Fsp3) is 0.950. The van der Waals surface area contributed by atoms with Gasteiger partial charge in [0.1, 0.15) is 0 Å². The van der Waals surface area contributed by atoms with E-state index in [0.717, 1.165) is 12.5 Å². The zero-order valence-electron chi connectivity index (χ0n) is 16.1. The monoisotopic (exact) mass is 407 g/mol. The van der Waals surface area contributed by atoms with E-state index in [1.54, 1.807) is 6.08 Å². The van der Waals surface area contributed by atoms with Crippen molar-refractivity contribution in [1.82, 2.24) is 0 Å². The van der Waals surface area contributed by atoms with Gasteiger partial charge in [-0.25, -0.2) is 9.79 Å². The number of carbonyl (C=O) groups excluding carboxylic acids is 1. The van der Waals surface area contributed by atoms with Gasteiger partial charge in [0.15, 0.2) is 0 Å². The molecular weight excluding hydrogens is 369 g/mol. The molecule has 0 N–H and O–H groups in total. The first-order valence-corrected chi connectivity index (χ1v) is 14.9. The highest BCUT2D eigenvalue weighted by atomic mass is 35.7. The Balaban J connectivity index is 2.99. The van der Waals surface area contributed by atoms with Gasteiger partial charge in [-0.15, -0.1) is 0 Å². The molecule has 0 spiro atoms. The number of hydrogen-bond acceptors (Lipinski definition) is 2. The second-order valence-corrected chi connectivity index (χ2v) is 12.4. The number of nitrogens with zero attached hydrogens (tertiary/aromatic N) is 1. The average molecular weight is 409 g/mol. The molecule has 0 saturated heterocycles. The first-order chi connectivity index (χ1) is 12.3. The molecule has 25 heavy (non-hydrogen) atoms. The molecule has 0 atom stereocenters. The number of aliphatic imine (C=N–C) groups is 1. The lowest BCUT2D eigenvalue weighted by Crippen LogP contribution is -1.91. The normalized spacial score (nSPS) is 11.0. The lowest BCUT2D eigenvalue weighted by Gasteiger charge is -2.04. The summed E-state index contributed by atoms with van der Waals surface area (Å²) in [6, 6.07) is 1.08. The highest BCUT2D eigenvalue weighted by Gasteiger charge is 2.00. The second-order valence-electron chi connectivity index (χ2n) is 7.16. The van der Waals surface area contributed by atoms with E-state index in [4.69, 9.17) is 22.2 Å². The topological polar surface area (TPSA) is 29.4 Å². The second kappa shape index (κ2) is 22.2. The van der Waals surface area contributed by atoms with E-state index in [1.165, 1.54) is 103 Å². The van der Waals surface area contributed by atoms with E-state index in [2.05, 4.69) is 4.99 Å². The van der Waals surface area contributed by atoms with Crippen LogP contribution in [-0.2, 0) is 4.79 Å². The van der Waals surface area contributed by atoms with Crippen molar-refractivity contribution in [3.05, 3.63) is 0 Å². The molecule has 0 unspecified atom stereocenters. The Morgan fingerprint density at radius 1 is 0.560 bits per heavy atom. The molecule has 0 saturated carbocycles. The molecule has 148 valence electrons. The largest absolute Gasteiger partial charge is 0.237 e. The van der Waals surface area contributed by atoms with Crippen molar-refractivity contribution in [2.45, 2.75) is 115 Å². The Labute approximate surface area is 167 Å². The van der Waals surface area contributed by atoms with Gasteiger partial charge < -0.3 is 0 Å². The van der Waals surface area contributed by atoms with Crippen LogP contribution >= 0.6 is 22.2 Å². The highest BCUT2D eigenvalue weighted by Crippen LogP contribution is 2.15. The number of isocyanates is 1. The molecule has 0 aromatic carbocycles. The summed E-state index contributed by atoms with van der Waals surface area (Å²) < 4.78 is 0. The summed E-state index contributed by atoms with van der Waals surface area (Å²) in [4.78, 5) is 13.5. The number of hydrogen-bond donors (Lipinski definition) is 0. The minimum absolute atomic E-state index is 0.660. The van der Waals surface area contributed by atoms with Crippen LogP contribution < -0.4 is 0 Å². The van der Waals surface area contributed by atoms with E-state index >= 15 is 0 Å². The molecule has 0 amide bonds. The third kappa shape index (κ3) is 24.2. The molecule has 2 nitrogen and oxygen atoms in total. The van der Waals surface area contributed by atoms with E-state index < -0.39 is 7.42 Å². The van der Waals surface area contributed by atoms with Gasteiger partial charge in [-0.2, -0.15) is 22.2 Å². The molecule has 5 heteroatoms. The Bertz CT molecular complexity index is 310. The van der Waals surface area contributed by atoms with E-state index in [1.807, 2.05) is 0 Å². The molecule has 0 heterocycles. The summed E-state index contributed by atoms with van der Waals surface area (Å²) in [6.07, 6.45) is 24.4. The van der Waals surface area contributed by atoms with Gasteiger partial charge in [-0.1, -0.05) is 103 Å². The molecule has 0 radical (unpaired) electrons. The summed E-state index contributed by atoms with van der Waals surface area (Å²) in [5.74, 6) is 0. The van der Waals surface area contributed by atoms with Crippen LogP contribution in [0.4, 0.5) is 0 Å². The van der Waals surface area contributed by atoms with Crippen LogP contribution in [0.15, 0.2) is 4.99 Å². The number of halogens is 2. The molecule has 0 aromatic rings. The van der Waals surface area contributed by atoms with E-state index in [9.17, 15) is 4.79 Å². The fourth-order valence-electron chi connectivity index (χ4n) is 3.19. The first-order valence-electron chi connectivity index (χ1n) is 10.6. The Hall–Kier alpha value is 0.177. The van der Waals surface area contributed by atoms with Crippen LogP contribution in [0.25, 0.3) is 0 Å². The van der Waals surface area contributed by atoms with E-state index in [-0.39, 0.29) is 0 Å². The minimum atomic E-state index is -1.34. The SMILES string of the molecule is O=C=NCCCCCCCCCCCCCCCCCCC[SiH](Cl)Cl. The van der Waals surface area contributed by atoms with Gasteiger partial charge in [-0.05, 0) is 12.5 Å². The van der Waals surface area contributed by atoms with Crippen molar-refractivity contribution in [2.75, 3.05) is 6.54 Å². The summed E-state index contributed by atoms with van der Waals surface area (Å²) in [6.45, 7) is 0.660. The molecule has 0 aromatic heterocycles. The van der Waals surface area contributed by atoms with Crippen molar-refractivity contribution < 1.29 is 4.79 Å². The molecule has 0 aliphatic rings. The Morgan fingerprint density at radius 3 is 1.20 bits per heavy atom. The predicted molar refractivity (Wildman–Crippen MR) is 115 cm³/mol. The van der Waals surface area contributed by atoms with Crippen LogP contribution in [0.2, 0.25) is 6.04 Å². The smallest absolute Gasteiger partial charge is 0.211 e. The third-order valence-electron chi connectivity index (χ3n) is 4.76.